The first-order chi connectivity index (χ1) is 6.24. The number of rotatable bonds is 1. The van der Waals surface area contributed by atoms with Gasteiger partial charge in [-0.2, -0.15) is 0 Å². The second kappa shape index (κ2) is 2.74. The molecule has 0 aliphatic heterocycles. The molecular weight excluding hydrogens is 188 g/mol. The fraction of sp³-hybridized carbons (Fsp3) is 0. The molecule has 0 radical (unpaired) electrons. The van der Waals surface area contributed by atoms with Gasteiger partial charge < -0.3 is 10.2 Å². The van der Waals surface area contributed by atoms with Gasteiger partial charge in [0.05, 0.1) is 5.56 Å². The topological polar surface area (TPSA) is 57.5 Å². The molecule has 0 atom stereocenters. The Bertz CT molecular complexity index is 473. The molecule has 0 fully saturated rings. The van der Waals surface area contributed by atoms with Gasteiger partial charge in [-0.1, -0.05) is 0 Å². The number of phenols is 1. The second-order valence-electron chi connectivity index (χ2n) is 2.61. The second-order valence-corrected chi connectivity index (χ2v) is 3.52. The number of hydrogen-bond acceptors (Lipinski definition) is 4. The minimum atomic E-state index is -0.101. The molecule has 2 N–H and O–H groups in total. The van der Waals surface area contributed by atoms with Crippen molar-refractivity contribution < 1.29 is 15.0 Å². The third-order valence-corrected chi connectivity index (χ3v) is 2.79. The lowest BCUT2D eigenvalue weighted by atomic mass is 10.1. The minimum absolute atomic E-state index is 0.0398. The molecule has 2 rings (SSSR count). The first-order valence-electron chi connectivity index (χ1n) is 3.61. The Hall–Kier alpha value is -1.55. The first kappa shape index (κ1) is 8.07. The molecule has 0 saturated carbocycles. The molecule has 0 aliphatic carbocycles. The van der Waals surface area contributed by atoms with E-state index in [1.54, 1.807) is 6.07 Å². The third-order valence-electron chi connectivity index (χ3n) is 1.86. The average molecular weight is 194 g/mol. The molecule has 1 aromatic heterocycles. The van der Waals surface area contributed by atoms with Gasteiger partial charge in [-0.25, -0.2) is 0 Å². The number of phenolic OH excluding ortho intramolecular Hbond substituents is 1. The van der Waals surface area contributed by atoms with Crippen LogP contribution in [0.25, 0.3) is 10.1 Å². The lowest BCUT2D eigenvalue weighted by Gasteiger charge is -1.98. The molecule has 0 aliphatic rings. The van der Waals surface area contributed by atoms with E-state index >= 15 is 0 Å². The summed E-state index contributed by atoms with van der Waals surface area (Å²) in [5.74, 6) is -0.0609. The van der Waals surface area contributed by atoms with E-state index in [2.05, 4.69) is 0 Å². The monoisotopic (exact) mass is 194 g/mol. The Kier molecular flexibility index (Phi) is 1.70. The molecule has 1 heterocycles. The van der Waals surface area contributed by atoms with Crippen LogP contribution in [0, 0.1) is 0 Å². The summed E-state index contributed by atoms with van der Waals surface area (Å²) in [5, 5.41) is 20.7. The third kappa shape index (κ3) is 1.07. The van der Waals surface area contributed by atoms with E-state index in [4.69, 9.17) is 0 Å². The summed E-state index contributed by atoms with van der Waals surface area (Å²) in [6.45, 7) is 0. The Morgan fingerprint density at radius 1 is 1.23 bits per heavy atom. The molecule has 4 heteroatoms. The van der Waals surface area contributed by atoms with Gasteiger partial charge in [0, 0.05) is 15.5 Å². The Morgan fingerprint density at radius 3 is 2.69 bits per heavy atom. The minimum Gasteiger partial charge on any atom is -0.507 e. The van der Waals surface area contributed by atoms with Crippen molar-refractivity contribution in [3.8, 4) is 11.5 Å². The fourth-order valence-electron chi connectivity index (χ4n) is 1.25. The normalized spacial score (nSPS) is 10.5. The van der Waals surface area contributed by atoms with Crippen LogP contribution in [-0.4, -0.2) is 16.5 Å². The quantitative estimate of drug-likeness (QED) is 0.683. The molecule has 2 aromatic rings. The first-order valence-corrected chi connectivity index (χ1v) is 4.49. The molecule has 66 valence electrons. The smallest absolute Gasteiger partial charge is 0.154 e. The standard InChI is InChI=1S/C9H6O3S/c10-3-5-6(11)1-2-8-9(5)7(12)4-13-8/h1-4,11-12H. The van der Waals surface area contributed by atoms with Gasteiger partial charge in [-0.3, -0.25) is 4.79 Å². The SMILES string of the molecule is O=Cc1c(O)ccc2scc(O)c12. The molecule has 1 aromatic carbocycles. The zero-order valence-corrected chi connectivity index (χ0v) is 7.34. The molecule has 0 unspecified atom stereocenters. The van der Waals surface area contributed by atoms with Gasteiger partial charge in [-0.05, 0) is 12.1 Å². The van der Waals surface area contributed by atoms with Crippen LogP contribution in [0.2, 0.25) is 0 Å². The maximum absolute atomic E-state index is 10.6. The van der Waals surface area contributed by atoms with Gasteiger partial charge in [0.2, 0.25) is 0 Å². The van der Waals surface area contributed by atoms with Crippen LogP contribution in [0.3, 0.4) is 0 Å². The van der Waals surface area contributed by atoms with Gasteiger partial charge in [0.15, 0.2) is 6.29 Å². The van der Waals surface area contributed by atoms with Crippen molar-refractivity contribution in [2.24, 2.45) is 0 Å². The number of aromatic hydroxyl groups is 2. The van der Waals surface area contributed by atoms with Crippen molar-refractivity contribution in [2.45, 2.75) is 0 Å². The zero-order chi connectivity index (χ0) is 9.42. The van der Waals surface area contributed by atoms with Crippen LogP contribution in [0.5, 0.6) is 11.5 Å². The number of carbonyl (C=O) groups is 1. The number of fused-ring (bicyclic) bond motifs is 1. The highest BCUT2D eigenvalue weighted by atomic mass is 32.1. The van der Waals surface area contributed by atoms with Gasteiger partial charge in [0.25, 0.3) is 0 Å². The molecule has 3 nitrogen and oxygen atoms in total. The Balaban J connectivity index is 2.96. The summed E-state index contributed by atoms with van der Waals surface area (Å²) in [6.07, 6.45) is 0.546. The largest absolute Gasteiger partial charge is 0.507 e. The highest BCUT2D eigenvalue weighted by Gasteiger charge is 2.11. The molecule has 0 saturated heterocycles. The summed E-state index contributed by atoms with van der Waals surface area (Å²) in [7, 11) is 0. The lowest BCUT2D eigenvalue weighted by Crippen LogP contribution is -1.81. The summed E-state index contributed by atoms with van der Waals surface area (Å²) < 4.78 is 0.789. The highest BCUT2D eigenvalue weighted by Crippen LogP contribution is 2.36. The van der Waals surface area contributed by atoms with E-state index in [0.29, 0.717) is 11.7 Å². The highest BCUT2D eigenvalue weighted by molar-refractivity contribution is 7.17. The summed E-state index contributed by atoms with van der Waals surface area (Å²) in [5.41, 5.74) is 0.149. The van der Waals surface area contributed by atoms with Gasteiger partial charge >= 0.3 is 0 Å². The van der Waals surface area contributed by atoms with Crippen LogP contribution in [-0.2, 0) is 0 Å². The molecule has 0 spiro atoms. The Morgan fingerprint density at radius 2 is 2.00 bits per heavy atom. The van der Waals surface area contributed by atoms with Crippen molar-refractivity contribution in [3.05, 3.63) is 23.1 Å². The predicted octanol–water partition coefficient (Wildman–Crippen LogP) is 2.13. The van der Waals surface area contributed by atoms with Crippen LogP contribution >= 0.6 is 11.3 Å². The maximum Gasteiger partial charge on any atom is 0.154 e. The summed E-state index contributed by atoms with van der Waals surface area (Å²) in [6, 6.07) is 3.12. The van der Waals surface area contributed by atoms with E-state index in [1.807, 2.05) is 0 Å². The van der Waals surface area contributed by atoms with Crippen LogP contribution < -0.4 is 0 Å². The number of carbonyl (C=O) groups excluding carboxylic acids is 1. The van der Waals surface area contributed by atoms with E-state index in [-0.39, 0.29) is 17.1 Å². The summed E-state index contributed by atoms with van der Waals surface area (Å²) >= 11 is 1.33. The number of aldehydes is 1. The number of thiophene rings is 1. The molecule has 0 amide bonds. The molecular formula is C9H6O3S. The van der Waals surface area contributed by atoms with Crippen molar-refractivity contribution in [1.29, 1.82) is 0 Å². The van der Waals surface area contributed by atoms with E-state index < -0.39 is 0 Å². The summed E-state index contributed by atoms with van der Waals surface area (Å²) in [4.78, 5) is 10.6. The number of benzene rings is 1. The van der Waals surface area contributed by atoms with Crippen LogP contribution in [0.15, 0.2) is 17.5 Å². The van der Waals surface area contributed by atoms with Crippen molar-refractivity contribution in [1.82, 2.24) is 0 Å². The van der Waals surface area contributed by atoms with E-state index in [9.17, 15) is 15.0 Å². The van der Waals surface area contributed by atoms with Crippen LogP contribution in [0.1, 0.15) is 10.4 Å². The van der Waals surface area contributed by atoms with Gasteiger partial charge in [0.1, 0.15) is 11.5 Å². The maximum atomic E-state index is 10.6. The Labute approximate surface area is 77.9 Å². The van der Waals surface area contributed by atoms with Crippen molar-refractivity contribution >= 4 is 27.7 Å². The van der Waals surface area contributed by atoms with Crippen LogP contribution in [0.4, 0.5) is 0 Å². The van der Waals surface area contributed by atoms with E-state index in [0.717, 1.165) is 4.70 Å². The van der Waals surface area contributed by atoms with E-state index in [1.165, 1.54) is 22.8 Å². The molecule has 13 heavy (non-hydrogen) atoms. The number of hydrogen-bond donors (Lipinski definition) is 2. The molecule has 0 bridgehead atoms. The fourth-order valence-corrected chi connectivity index (χ4v) is 2.08. The zero-order valence-electron chi connectivity index (χ0n) is 6.52. The average Bonchev–Trinajstić information content (AvgIpc) is 2.49. The van der Waals surface area contributed by atoms with Crippen molar-refractivity contribution in [2.75, 3.05) is 0 Å². The van der Waals surface area contributed by atoms with Gasteiger partial charge in [-0.15, -0.1) is 11.3 Å². The predicted molar refractivity (Wildman–Crippen MR) is 50.5 cm³/mol. The van der Waals surface area contributed by atoms with Crippen molar-refractivity contribution in [3.63, 3.8) is 0 Å². The lowest BCUT2D eigenvalue weighted by molar-refractivity contribution is 0.112.